The normalized spacial score (nSPS) is 16.5. The maximum Gasteiger partial charge on any atom is 0.341 e. The summed E-state index contributed by atoms with van der Waals surface area (Å²) >= 11 is 1.49. The summed E-state index contributed by atoms with van der Waals surface area (Å²) < 4.78 is 6.72. The molecule has 2 heterocycles. The number of rotatable bonds is 4. The number of hydrogen-bond donors (Lipinski definition) is 1. The van der Waals surface area contributed by atoms with Gasteiger partial charge in [0.15, 0.2) is 0 Å². The molecule has 0 bridgehead atoms. The van der Waals surface area contributed by atoms with Crippen molar-refractivity contribution in [2.45, 2.75) is 33.1 Å². The molecule has 1 amide bonds. The van der Waals surface area contributed by atoms with Gasteiger partial charge in [0.05, 0.1) is 12.2 Å². The predicted molar refractivity (Wildman–Crippen MR) is 92.6 cm³/mol. The maximum atomic E-state index is 12.5. The van der Waals surface area contributed by atoms with Crippen LogP contribution in [0.1, 0.15) is 51.6 Å². The second-order valence-electron chi connectivity index (χ2n) is 6.07. The van der Waals surface area contributed by atoms with E-state index in [-0.39, 0.29) is 11.9 Å². The first-order chi connectivity index (χ1) is 11.5. The van der Waals surface area contributed by atoms with Gasteiger partial charge in [-0.1, -0.05) is 6.92 Å². The van der Waals surface area contributed by atoms with Crippen LogP contribution in [-0.2, 0) is 24.6 Å². The number of aromatic nitrogens is 2. The lowest BCUT2D eigenvalue weighted by Gasteiger charge is -2.18. The number of hydrogen-bond acceptors (Lipinski definition) is 5. The van der Waals surface area contributed by atoms with Gasteiger partial charge in [-0.15, -0.1) is 11.3 Å². The van der Waals surface area contributed by atoms with Crippen LogP contribution in [0, 0.1) is 5.92 Å². The van der Waals surface area contributed by atoms with E-state index in [1.807, 2.05) is 0 Å². The van der Waals surface area contributed by atoms with Crippen molar-refractivity contribution >= 4 is 28.2 Å². The zero-order chi connectivity index (χ0) is 17.3. The van der Waals surface area contributed by atoms with E-state index in [1.54, 1.807) is 26.2 Å². The van der Waals surface area contributed by atoms with Crippen LogP contribution in [0.15, 0.2) is 12.3 Å². The fraction of sp³-hybridized carbons (Fsp3) is 0.471. The molecular formula is C17H21N3O3S. The number of anilines is 1. The topological polar surface area (TPSA) is 73.2 Å². The van der Waals surface area contributed by atoms with Crippen LogP contribution in [0.2, 0.25) is 0 Å². The Kier molecular flexibility index (Phi) is 4.71. The van der Waals surface area contributed by atoms with Crippen molar-refractivity contribution in [2.24, 2.45) is 13.0 Å². The van der Waals surface area contributed by atoms with Crippen molar-refractivity contribution in [1.82, 2.24) is 9.78 Å². The van der Waals surface area contributed by atoms with E-state index in [1.165, 1.54) is 20.9 Å². The van der Waals surface area contributed by atoms with Crippen molar-refractivity contribution in [3.8, 4) is 0 Å². The molecule has 0 fully saturated rings. The highest BCUT2D eigenvalue weighted by molar-refractivity contribution is 7.17. The summed E-state index contributed by atoms with van der Waals surface area (Å²) in [5.41, 5.74) is 2.01. The molecule has 7 heteroatoms. The second kappa shape index (κ2) is 6.76. The summed E-state index contributed by atoms with van der Waals surface area (Å²) in [5, 5.41) is 7.47. The summed E-state index contributed by atoms with van der Waals surface area (Å²) in [6.07, 6.45) is 4.41. The summed E-state index contributed by atoms with van der Waals surface area (Å²) in [5.74, 6) is -0.0381. The lowest BCUT2D eigenvalue weighted by Crippen LogP contribution is -2.18. The number of ether oxygens (including phenoxy) is 1. The lowest BCUT2D eigenvalue weighted by atomic mass is 9.88. The highest BCUT2D eigenvalue weighted by atomic mass is 32.1. The molecule has 1 aliphatic rings. The van der Waals surface area contributed by atoms with Crippen LogP contribution in [0.4, 0.5) is 5.00 Å². The molecule has 0 radical (unpaired) electrons. The molecular weight excluding hydrogens is 326 g/mol. The van der Waals surface area contributed by atoms with E-state index in [0.717, 1.165) is 24.8 Å². The highest BCUT2D eigenvalue weighted by Crippen LogP contribution is 2.40. The van der Waals surface area contributed by atoms with Crippen molar-refractivity contribution in [1.29, 1.82) is 0 Å². The molecule has 1 N–H and O–H groups in total. The first-order valence-electron chi connectivity index (χ1n) is 8.12. The molecule has 2 aromatic rings. The molecule has 0 aliphatic heterocycles. The summed E-state index contributed by atoms with van der Waals surface area (Å²) in [7, 11) is 1.71. The first-order valence-corrected chi connectivity index (χ1v) is 8.93. The lowest BCUT2D eigenvalue weighted by molar-refractivity contribution is 0.0526. The highest BCUT2D eigenvalue weighted by Gasteiger charge is 2.29. The number of nitrogens with zero attached hydrogens (tertiary/aromatic N) is 2. The molecule has 0 aromatic carbocycles. The number of esters is 1. The van der Waals surface area contributed by atoms with Crippen LogP contribution in [0.5, 0.6) is 0 Å². The Morgan fingerprint density at radius 1 is 1.50 bits per heavy atom. The molecule has 1 aliphatic carbocycles. The van der Waals surface area contributed by atoms with Gasteiger partial charge in [-0.25, -0.2) is 4.79 Å². The van der Waals surface area contributed by atoms with Gasteiger partial charge >= 0.3 is 5.97 Å². The van der Waals surface area contributed by atoms with E-state index >= 15 is 0 Å². The molecule has 24 heavy (non-hydrogen) atoms. The quantitative estimate of drug-likeness (QED) is 0.863. The number of nitrogens with one attached hydrogen (secondary N) is 1. The zero-order valence-corrected chi connectivity index (χ0v) is 14.9. The molecule has 2 aromatic heterocycles. The minimum absolute atomic E-state index is 0.271. The number of carbonyl (C=O) groups excluding carboxylic acids is 2. The minimum atomic E-state index is -0.357. The van der Waals surface area contributed by atoms with Crippen LogP contribution < -0.4 is 5.32 Å². The van der Waals surface area contributed by atoms with E-state index in [9.17, 15) is 9.59 Å². The molecule has 0 saturated heterocycles. The molecule has 0 saturated carbocycles. The van der Waals surface area contributed by atoms with Gasteiger partial charge in [0.2, 0.25) is 0 Å². The minimum Gasteiger partial charge on any atom is -0.462 e. The third kappa shape index (κ3) is 3.08. The molecule has 3 rings (SSSR count). The van der Waals surface area contributed by atoms with Crippen LogP contribution in [0.25, 0.3) is 0 Å². The Balaban J connectivity index is 1.96. The third-order valence-electron chi connectivity index (χ3n) is 4.27. The molecule has 1 atom stereocenters. The van der Waals surface area contributed by atoms with Crippen LogP contribution >= 0.6 is 11.3 Å². The predicted octanol–water partition coefficient (Wildman–Crippen LogP) is 3.04. The van der Waals surface area contributed by atoms with Gasteiger partial charge in [0.1, 0.15) is 10.7 Å². The summed E-state index contributed by atoms with van der Waals surface area (Å²) in [4.78, 5) is 26.1. The molecule has 0 spiro atoms. The summed E-state index contributed by atoms with van der Waals surface area (Å²) in [6.45, 7) is 4.31. The number of thiophene rings is 1. The monoisotopic (exact) mass is 347 g/mol. The first kappa shape index (κ1) is 16.7. The van der Waals surface area contributed by atoms with Crippen molar-refractivity contribution < 1.29 is 14.3 Å². The smallest absolute Gasteiger partial charge is 0.341 e. The second-order valence-corrected chi connectivity index (χ2v) is 7.18. The van der Waals surface area contributed by atoms with E-state index in [2.05, 4.69) is 17.3 Å². The van der Waals surface area contributed by atoms with Crippen molar-refractivity contribution in [2.75, 3.05) is 11.9 Å². The Bertz CT molecular complexity index is 778. The van der Waals surface area contributed by atoms with Gasteiger partial charge in [0.25, 0.3) is 5.91 Å². The Morgan fingerprint density at radius 2 is 2.29 bits per heavy atom. The zero-order valence-electron chi connectivity index (χ0n) is 14.1. The maximum absolute atomic E-state index is 12.5. The van der Waals surface area contributed by atoms with Crippen LogP contribution in [0.3, 0.4) is 0 Å². The van der Waals surface area contributed by atoms with Gasteiger partial charge < -0.3 is 10.1 Å². The van der Waals surface area contributed by atoms with Crippen LogP contribution in [-0.4, -0.2) is 28.3 Å². The van der Waals surface area contributed by atoms with Crippen molar-refractivity contribution in [3.05, 3.63) is 34.0 Å². The Morgan fingerprint density at radius 3 is 2.96 bits per heavy atom. The number of carbonyl (C=O) groups is 2. The SMILES string of the molecule is CCOC(=O)c1c(NC(=O)c2ccnn2C)sc2c1CCC(C)C2. The fourth-order valence-corrected chi connectivity index (χ4v) is 4.42. The number of fused-ring (bicyclic) bond motifs is 1. The average Bonchev–Trinajstić information content (AvgIpc) is 3.10. The molecule has 1 unspecified atom stereocenters. The van der Waals surface area contributed by atoms with Gasteiger partial charge in [0, 0.05) is 18.1 Å². The largest absolute Gasteiger partial charge is 0.462 e. The summed E-state index contributed by atoms with van der Waals surface area (Å²) in [6, 6.07) is 1.65. The molecule has 6 nitrogen and oxygen atoms in total. The Hall–Kier alpha value is -2.15. The number of aryl methyl sites for hydroxylation is 1. The van der Waals surface area contributed by atoms with Gasteiger partial charge in [-0.3, -0.25) is 9.48 Å². The fourth-order valence-electron chi connectivity index (χ4n) is 3.02. The van der Waals surface area contributed by atoms with Gasteiger partial charge in [-0.2, -0.15) is 5.10 Å². The third-order valence-corrected chi connectivity index (χ3v) is 5.44. The standard InChI is InChI=1S/C17H21N3O3S/c1-4-23-17(22)14-11-6-5-10(2)9-13(11)24-16(14)19-15(21)12-7-8-18-20(12)3/h7-8,10H,4-6,9H2,1-3H3,(H,19,21). The molecule has 128 valence electrons. The van der Waals surface area contributed by atoms with Crippen molar-refractivity contribution in [3.63, 3.8) is 0 Å². The Labute approximate surface area is 144 Å². The van der Waals surface area contributed by atoms with E-state index in [4.69, 9.17) is 4.74 Å². The average molecular weight is 347 g/mol. The number of amides is 1. The van der Waals surface area contributed by atoms with Gasteiger partial charge in [-0.05, 0) is 43.7 Å². The van der Waals surface area contributed by atoms with E-state index < -0.39 is 0 Å². The van der Waals surface area contributed by atoms with E-state index in [0.29, 0.717) is 28.8 Å².